The average Bonchev–Trinajstić information content (AvgIpc) is 3.58. The second-order valence-electron chi connectivity index (χ2n) is 11.3. The monoisotopic (exact) mass is 548 g/mol. The van der Waals surface area contributed by atoms with Gasteiger partial charge in [0.15, 0.2) is 5.60 Å². The molecule has 3 amide bonds. The molecule has 2 aliphatic heterocycles. The number of fused-ring (bicyclic) bond motifs is 4. The molecule has 0 radical (unpaired) electrons. The Bertz CT molecular complexity index is 1380. The summed E-state index contributed by atoms with van der Waals surface area (Å²) in [6.45, 7) is 0.175. The largest absolute Gasteiger partial charge is 0.372 e. The fourth-order valence-corrected chi connectivity index (χ4v) is 7.20. The second-order valence-corrected chi connectivity index (χ2v) is 11.3. The van der Waals surface area contributed by atoms with E-state index in [9.17, 15) is 33.5 Å². The van der Waals surface area contributed by atoms with E-state index < -0.39 is 59.6 Å². The Labute approximate surface area is 230 Å². The molecule has 0 bridgehead atoms. The first-order chi connectivity index (χ1) is 19.2. The van der Waals surface area contributed by atoms with E-state index in [4.69, 9.17) is 0 Å². The third-order valence-corrected chi connectivity index (χ3v) is 9.16. The number of benzene rings is 2. The predicted molar refractivity (Wildman–Crippen MR) is 139 cm³/mol. The Balaban J connectivity index is 1.33. The standard InChI is InChI=1S/C30H30F2N4O4/c31-29(32)12-11-21-24(29)16-36(25(21)27(38)35-18(15-33)14-17-6-5-13-34-26(17)37)28(39)30(40)22-9-3-1-7-19(22)20-8-2-4-10-23(20)30/h1-4,7-10,17-18,21,24-25,40H,5-6,11-14,16H2,(H,34,37)(H,35,38)/t17-,18-,21+,24+,25+/m1/s1. The molecule has 0 spiro atoms. The van der Waals surface area contributed by atoms with Gasteiger partial charge in [0, 0.05) is 42.5 Å². The van der Waals surface area contributed by atoms with Crippen molar-refractivity contribution in [2.75, 3.05) is 13.1 Å². The second kappa shape index (κ2) is 9.66. The highest BCUT2D eigenvalue weighted by Crippen LogP contribution is 2.54. The molecule has 0 unspecified atom stereocenters. The van der Waals surface area contributed by atoms with Crippen LogP contribution in [0.3, 0.4) is 0 Å². The minimum Gasteiger partial charge on any atom is -0.372 e. The maximum atomic E-state index is 15.0. The van der Waals surface area contributed by atoms with Crippen LogP contribution in [0, 0.1) is 29.1 Å². The number of nitrogens with one attached hydrogen (secondary N) is 2. The lowest BCUT2D eigenvalue weighted by Crippen LogP contribution is -2.56. The van der Waals surface area contributed by atoms with E-state index in [0.717, 1.165) is 11.3 Å². The van der Waals surface area contributed by atoms with Crippen LogP contribution >= 0.6 is 0 Å². The van der Waals surface area contributed by atoms with E-state index >= 15 is 0 Å². The van der Waals surface area contributed by atoms with Gasteiger partial charge in [-0.15, -0.1) is 0 Å². The van der Waals surface area contributed by atoms with Crippen molar-refractivity contribution in [1.82, 2.24) is 15.5 Å². The Kier molecular flexibility index (Phi) is 6.37. The molecule has 0 aromatic heterocycles. The van der Waals surface area contributed by atoms with Crippen molar-refractivity contribution in [3.63, 3.8) is 0 Å². The summed E-state index contributed by atoms with van der Waals surface area (Å²) in [5.74, 6) is -7.33. The molecule has 208 valence electrons. The molecule has 8 nitrogen and oxygen atoms in total. The van der Waals surface area contributed by atoms with Crippen LogP contribution in [0.4, 0.5) is 8.78 Å². The van der Waals surface area contributed by atoms with E-state index in [1.165, 1.54) is 0 Å². The number of nitrogens with zero attached hydrogens (tertiary/aromatic N) is 2. The summed E-state index contributed by atoms with van der Waals surface area (Å²) < 4.78 is 30.0. The van der Waals surface area contributed by atoms with Gasteiger partial charge < -0.3 is 20.6 Å². The molecule has 2 heterocycles. The molecule has 6 rings (SSSR count). The van der Waals surface area contributed by atoms with Crippen molar-refractivity contribution in [2.45, 2.75) is 55.7 Å². The number of hydrogen-bond acceptors (Lipinski definition) is 5. The quantitative estimate of drug-likeness (QED) is 0.531. The van der Waals surface area contributed by atoms with Crippen LogP contribution in [0.15, 0.2) is 48.5 Å². The molecule has 2 aliphatic carbocycles. The van der Waals surface area contributed by atoms with Gasteiger partial charge in [-0.2, -0.15) is 5.26 Å². The van der Waals surface area contributed by atoms with Crippen molar-refractivity contribution >= 4 is 17.7 Å². The number of hydrogen-bond donors (Lipinski definition) is 3. The summed E-state index contributed by atoms with van der Waals surface area (Å²) in [5, 5.41) is 27.3. The topological polar surface area (TPSA) is 123 Å². The summed E-state index contributed by atoms with van der Waals surface area (Å²) in [7, 11) is 0. The number of carbonyl (C=O) groups excluding carboxylic acids is 3. The number of carbonyl (C=O) groups is 3. The number of rotatable bonds is 5. The molecule has 3 fully saturated rings. The van der Waals surface area contributed by atoms with Crippen molar-refractivity contribution < 1.29 is 28.3 Å². The summed E-state index contributed by atoms with van der Waals surface area (Å²) in [6, 6.07) is 13.5. The van der Waals surface area contributed by atoms with Crippen LogP contribution in [-0.4, -0.2) is 58.8 Å². The van der Waals surface area contributed by atoms with Gasteiger partial charge in [-0.3, -0.25) is 14.4 Å². The van der Waals surface area contributed by atoms with Crippen molar-refractivity contribution in [2.24, 2.45) is 17.8 Å². The Morgan fingerprint density at radius 2 is 1.77 bits per heavy atom. The highest BCUT2D eigenvalue weighted by molar-refractivity contribution is 6.01. The van der Waals surface area contributed by atoms with Gasteiger partial charge in [-0.05, 0) is 42.7 Å². The number of aliphatic hydroxyl groups is 1. The van der Waals surface area contributed by atoms with Crippen LogP contribution < -0.4 is 10.6 Å². The first kappa shape index (κ1) is 26.4. The third kappa shape index (κ3) is 3.98. The van der Waals surface area contributed by atoms with Gasteiger partial charge in [0.1, 0.15) is 12.1 Å². The highest BCUT2D eigenvalue weighted by atomic mass is 19.3. The molecule has 1 saturated carbocycles. The Hall–Kier alpha value is -3.84. The van der Waals surface area contributed by atoms with E-state index in [0.29, 0.717) is 35.2 Å². The maximum Gasteiger partial charge on any atom is 0.264 e. The van der Waals surface area contributed by atoms with Gasteiger partial charge in [0.25, 0.3) is 11.8 Å². The van der Waals surface area contributed by atoms with Crippen LogP contribution in [-0.2, 0) is 20.0 Å². The molecular weight excluding hydrogens is 518 g/mol. The van der Waals surface area contributed by atoms with Gasteiger partial charge in [0.05, 0.1) is 6.07 Å². The van der Waals surface area contributed by atoms with Crippen LogP contribution in [0.1, 0.15) is 43.2 Å². The fraction of sp³-hybridized carbons (Fsp3) is 0.467. The lowest BCUT2D eigenvalue weighted by Gasteiger charge is -2.34. The molecule has 3 N–H and O–H groups in total. The molecule has 2 aromatic rings. The number of alkyl halides is 2. The van der Waals surface area contributed by atoms with Crippen molar-refractivity contribution in [1.29, 1.82) is 5.26 Å². The minimum absolute atomic E-state index is 0.0351. The fourth-order valence-electron chi connectivity index (χ4n) is 7.20. The minimum atomic E-state index is -3.07. The van der Waals surface area contributed by atoms with Gasteiger partial charge in [0.2, 0.25) is 11.8 Å². The zero-order chi connectivity index (χ0) is 28.2. The third-order valence-electron chi connectivity index (χ3n) is 9.16. The summed E-state index contributed by atoms with van der Waals surface area (Å²) >= 11 is 0. The number of piperidine rings is 1. The zero-order valence-corrected chi connectivity index (χ0v) is 21.8. The normalized spacial score (nSPS) is 28.1. The number of halogens is 2. The van der Waals surface area contributed by atoms with Gasteiger partial charge >= 0.3 is 0 Å². The number of amides is 3. The van der Waals surface area contributed by atoms with Crippen LogP contribution in [0.25, 0.3) is 11.1 Å². The SMILES string of the molecule is N#C[C@@H](C[C@H]1CCCNC1=O)NC(=O)[C@@H]1[C@H]2CCC(F)(F)[C@H]2CN1C(=O)C1(O)c2ccccc2-c2ccccc21. The molecule has 5 atom stereocenters. The molecule has 10 heteroatoms. The number of nitriles is 1. The molecular formula is C30H30F2N4O4. The van der Waals surface area contributed by atoms with E-state index in [2.05, 4.69) is 10.6 Å². The lowest BCUT2D eigenvalue weighted by atomic mass is 9.88. The zero-order valence-electron chi connectivity index (χ0n) is 21.8. The van der Waals surface area contributed by atoms with Crippen LogP contribution in [0.2, 0.25) is 0 Å². The predicted octanol–water partition coefficient (Wildman–Crippen LogP) is 2.70. The molecule has 2 saturated heterocycles. The first-order valence-electron chi connectivity index (χ1n) is 13.7. The maximum absolute atomic E-state index is 15.0. The highest BCUT2D eigenvalue weighted by Gasteiger charge is 2.63. The molecule has 4 aliphatic rings. The number of likely N-dealkylation sites (tertiary alicyclic amines) is 1. The van der Waals surface area contributed by atoms with Gasteiger partial charge in [-0.1, -0.05) is 48.5 Å². The summed E-state index contributed by atoms with van der Waals surface area (Å²) in [6.07, 6.45) is 1.07. The lowest BCUT2D eigenvalue weighted by molar-refractivity contribution is -0.153. The smallest absolute Gasteiger partial charge is 0.264 e. The summed E-state index contributed by atoms with van der Waals surface area (Å²) in [4.78, 5) is 41.4. The Morgan fingerprint density at radius 1 is 1.12 bits per heavy atom. The van der Waals surface area contributed by atoms with E-state index in [-0.39, 0.29) is 25.3 Å². The van der Waals surface area contributed by atoms with Crippen molar-refractivity contribution in [3.05, 3.63) is 59.7 Å². The van der Waals surface area contributed by atoms with E-state index in [1.807, 2.05) is 6.07 Å². The van der Waals surface area contributed by atoms with Gasteiger partial charge in [-0.25, -0.2) is 8.78 Å². The molecule has 2 aromatic carbocycles. The first-order valence-corrected chi connectivity index (χ1v) is 13.7. The van der Waals surface area contributed by atoms with Crippen molar-refractivity contribution in [3.8, 4) is 17.2 Å². The van der Waals surface area contributed by atoms with E-state index in [1.54, 1.807) is 48.5 Å². The molecule has 40 heavy (non-hydrogen) atoms. The Morgan fingerprint density at radius 3 is 2.40 bits per heavy atom. The average molecular weight is 549 g/mol. The van der Waals surface area contributed by atoms with Crippen LogP contribution in [0.5, 0.6) is 0 Å². The summed E-state index contributed by atoms with van der Waals surface area (Å²) in [5.41, 5.74) is -0.163.